The molecule has 1 aromatic carbocycles. The molecule has 3 heterocycles. The maximum absolute atomic E-state index is 12.9. The molecule has 1 aliphatic heterocycles. The lowest BCUT2D eigenvalue weighted by Crippen LogP contribution is -2.31. The highest BCUT2D eigenvalue weighted by atomic mass is 16.2. The molecule has 0 spiro atoms. The third-order valence-electron chi connectivity index (χ3n) is 4.70. The summed E-state index contributed by atoms with van der Waals surface area (Å²) in [7, 11) is 0. The second-order valence-corrected chi connectivity index (χ2v) is 6.29. The van der Waals surface area contributed by atoms with Crippen molar-refractivity contribution in [1.29, 1.82) is 0 Å². The first kappa shape index (κ1) is 15.6. The number of carbonyl (C=O) groups is 1. The van der Waals surface area contributed by atoms with Gasteiger partial charge in [-0.3, -0.25) is 9.36 Å². The first-order valence-electron chi connectivity index (χ1n) is 8.57. The second-order valence-electron chi connectivity index (χ2n) is 6.29. The quantitative estimate of drug-likeness (QED) is 0.737. The van der Waals surface area contributed by atoms with Crippen LogP contribution in [0.3, 0.4) is 0 Å². The molecule has 5 heteroatoms. The van der Waals surface area contributed by atoms with Gasteiger partial charge in [0.1, 0.15) is 11.6 Å². The van der Waals surface area contributed by atoms with E-state index in [0.717, 1.165) is 42.3 Å². The number of amides is 1. The SMILES string of the molecule is Cc1nccn1-c1cccc([C@H]2CCCN2C(=O)c2ccccc2)n1. The minimum Gasteiger partial charge on any atom is -0.330 e. The highest BCUT2D eigenvalue weighted by molar-refractivity contribution is 5.94. The summed E-state index contributed by atoms with van der Waals surface area (Å²) < 4.78 is 1.96. The lowest BCUT2D eigenvalue weighted by atomic mass is 10.1. The number of pyridine rings is 1. The lowest BCUT2D eigenvalue weighted by molar-refractivity contribution is 0.0733. The number of hydrogen-bond acceptors (Lipinski definition) is 3. The number of aromatic nitrogens is 3. The highest BCUT2D eigenvalue weighted by Gasteiger charge is 2.31. The van der Waals surface area contributed by atoms with Gasteiger partial charge in [-0.2, -0.15) is 0 Å². The summed E-state index contributed by atoms with van der Waals surface area (Å²) in [5.74, 6) is 1.81. The van der Waals surface area contributed by atoms with Crippen LogP contribution in [0.2, 0.25) is 0 Å². The largest absolute Gasteiger partial charge is 0.330 e. The van der Waals surface area contributed by atoms with Gasteiger partial charge in [-0.1, -0.05) is 24.3 Å². The van der Waals surface area contributed by atoms with Gasteiger partial charge in [-0.25, -0.2) is 9.97 Å². The summed E-state index contributed by atoms with van der Waals surface area (Å²) in [5, 5.41) is 0. The molecule has 2 aromatic heterocycles. The molecule has 1 saturated heterocycles. The molecule has 25 heavy (non-hydrogen) atoms. The molecule has 1 aliphatic rings. The average Bonchev–Trinajstić information content (AvgIpc) is 3.31. The van der Waals surface area contributed by atoms with Gasteiger partial charge in [-0.05, 0) is 44.0 Å². The van der Waals surface area contributed by atoms with Gasteiger partial charge in [0.25, 0.3) is 5.91 Å². The number of rotatable bonds is 3. The minimum atomic E-state index is 0.0245. The smallest absolute Gasteiger partial charge is 0.254 e. The molecular weight excluding hydrogens is 312 g/mol. The molecule has 0 aliphatic carbocycles. The van der Waals surface area contributed by atoms with Gasteiger partial charge >= 0.3 is 0 Å². The van der Waals surface area contributed by atoms with Gasteiger partial charge in [-0.15, -0.1) is 0 Å². The van der Waals surface area contributed by atoms with E-state index in [0.29, 0.717) is 0 Å². The van der Waals surface area contributed by atoms with Gasteiger partial charge in [0, 0.05) is 24.5 Å². The Morgan fingerprint density at radius 3 is 2.72 bits per heavy atom. The molecule has 4 rings (SSSR count). The fourth-order valence-corrected chi connectivity index (χ4v) is 3.44. The molecule has 1 atom stereocenters. The van der Waals surface area contributed by atoms with Crippen LogP contribution in [0.15, 0.2) is 60.9 Å². The van der Waals surface area contributed by atoms with E-state index in [2.05, 4.69) is 4.98 Å². The van der Waals surface area contributed by atoms with Gasteiger partial charge in [0.15, 0.2) is 0 Å². The third-order valence-corrected chi connectivity index (χ3v) is 4.70. The van der Waals surface area contributed by atoms with Crippen molar-refractivity contribution in [3.05, 3.63) is 78.0 Å². The normalized spacial score (nSPS) is 17.0. The lowest BCUT2D eigenvalue weighted by Gasteiger charge is -2.25. The van der Waals surface area contributed by atoms with Crippen molar-refractivity contribution in [1.82, 2.24) is 19.4 Å². The molecule has 0 radical (unpaired) electrons. The van der Waals surface area contributed by atoms with Crippen LogP contribution in [-0.4, -0.2) is 31.9 Å². The molecule has 0 saturated carbocycles. The topological polar surface area (TPSA) is 51.0 Å². The standard InChI is InChI=1S/C20H20N4O/c1-15-21-12-14-23(15)19-11-5-9-17(22-19)18-10-6-13-24(18)20(25)16-7-3-2-4-8-16/h2-5,7-9,11-12,14,18H,6,10,13H2,1H3/t18-/m1/s1. The van der Waals surface area contributed by atoms with E-state index in [1.54, 1.807) is 6.20 Å². The number of hydrogen-bond donors (Lipinski definition) is 0. The van der Waals surface area contributed by atoms with Gasteiger partial charge in [0.2, 0.25) is 0 Å². The number of imidazole rings is 1. The summed E-state index contributed by atoms with van der Waals surface area (Å²) in [6.07, 6.45) is 5.62. The maximum Gasteiger partial charge on any atom is 0.254 e. The molecule has 0 bridgehead atoms. The highest BCUT2D eigenvalue weighted by Crippen LogP contribution is 2.32. The Kier molecular flexibility index (Phi) is 4.06. The fraction of sp³-hybridized carbons (Fsp3) is 0.250. The Labute approximate surface area is 147 Å². The molecule has 1 fully saturated rings. The van der Waals surface area contributed by atoms with Crippen LogP contribution in [0.1, 0.15) is 40.8 Å². The molecule has 126 valence electrons. The van der Waals surface area contributed by atoms with Gasteiger partial charge in [0.05, 0.1) is 11.7 Å². The van der Waals surface area contributed by atoms with Gasteiger partial charge < -0.3 is 4.90 Å². The Morgan fingerprint density at radius 2 is 1.96 bits per heavy atom. The Bertz CT molecular complexity index is 887. The predicted octanol–water partition coefficient (Wildman–Crippen LogP) is 3.55. The van der Waals surface area contributed by atoms with Crippen molar-refractivity contribution in [3.8, 4) is 5.82 Å². The van der Waals surface area contributed by atoms with Crippen LogP contribution >= 0.6 is 0 Å². The molecular formula is C20H20N4O. The van der Waals surface area contributed by atoms with Crippen molar-refractivity contribution in [2.75, 3.05) is 6.54 Å². The molecule has 1 amide bonds. The van der Waals surface area contributed by atoms with Crippen LogP contribution in [0.5, 0.6) is 0 Å². The number of aryl methyl sites for hydroxylation is 1. The number of benzene rings is 1. The van der Waals surface area contributed by atoms with Crippen molar-refractivity contribution in [2.45, 2.75) is 25.8 Å². The third kappa shape index (κ3) is 2.93. The number of carbonyl (C=O) groups excluding carboxylic acids is 1. The predicted molar refractivity (Wildman–Crippen MR) is 95.5 cm³/mol. The summed E-state index contributed by atoms with van der Waals surface area (Å²) >= 11 is 0. The van der Waals surface area contributed by atoms with E-state index >= 15 is 0 Å². The van der Waals surface area contributed by atoms with E-state index < -0.39 is 0 Å². The summed E-state index contributed by atoms with van der Waals surface area (Å²) in [6, 6.07) is 15.5. The molecule has 3 aromatic rings. The number of likely N-dealkylation sites (tertiary alicyclic amines) is 1. The second kappa shape index (κ2) is 6.51. The van der Waals surface area contributed by atoms with E-state index in [1.165, 1.54) is 0 Å². The fourth-order valence-electron chi connectivity index (χ4n) is 3.44. The first-order valence-corrected chi connectivity index (χ1v) is 8.57. The van der Waals surface area contributed by atoms with Crippen LogP contribution in [0.25, 0.3) is 5.82 Å². The number of nitrogens with zero attached hydrogens (tertiary/aromatic N) is 4. The summed E-state index contributed by atoms with van der Waals surface area (Å²) in [4.78, 5) is 23.9. The van der Waals surface area contributed by atoms with Crippen molar-refractivity contribution < 1.29 is 4.79 Å². The minimum absolute atomic E-state index is 0.0245. The van der Waals surface area contributed by atoms with Crippen LogP contribution in [-0.2, 0) is 0 Å². The molecule has 0 unspecified atom stereocenters. The van der Waals surface area contributed by atoms with Crippen molar-refractivity contribution in [3.63, 3.8) is 0 Å². The van der Waals surface area contributed by atoms with E-state index in [4.69, 9.17) is 4.98 Å². The van der Waals surface area contributed by atoms with E-state index in [9.17, 15) is 4.79 Å². The van der Waals surface area contributed by atoms with E-state index in [-0.39, 0.29) is 11.9 Å². The van der Waals surface area contributed by atoms with Crippen LogP contribution in [0, 0.1) is 6.92 Å². The maximum atomic E-state index is 12.9. The summed E-state index contributed by atoms with van der Waals surface area (Å²) in [6.45, 7) is 2.73. The van der Waals surface area contributed by atoms with E-state index in [1.807, 2.05) is 71.1 Å². The molecule has 0 N–H and O–H groups in total. The van der Waals surface area contributed by atoms with Crippen LogP contribution < -0.4 is 0 Å². The Morgan fingerprint density at radius 1 is 1.12 bits per heavy atom. The monoisotopic (exact) mass is 332 g/mol. The zero-order chi connectivity index (χ0) is 17.2. The van der Waals surface area contributed by atoms with Crippen molar-refractivity contribution >= 4 is 5.91 Å². The zero-order valence-corrected chi connectivity index (χ0v) is 14.2. The molecule has 5 nitrogen and oxygen atoms in total. The Balaban J connectivity index is 1.65. The van der Waals surface area contributed by atoms with Crippen molar-refractivity contribution in [2.24, 2.45) is 0 Å². The Hall–Kier alpha value is -2.95. The first-order chi connectivity index (χ1) is 12.2. The average molecular weight is 332 g/mol. The summed E-state index contributed by atoms with van der Waals surface area (Å²) in [5.41, 5.74) is 1.67. The zero-order valence-electron chi connectivity index (χ0n) is 14.2. The van der Waals surface area contributed by atoms with Crippen LogP contribution in [0.4, 0.5) is 0 Å².